The van der Waals surface area contributed by atoms with Crippen LogP contribution < -0.4 is 0 Å². The average molecular weight is 277 g/mol. The van der Waals surface area contributed by atoms with Crippen LogP contribution in [0.1, 0.15) is 5.56 Å². The lowest BCUT2D eigenvalue weighted by atomic mass is 10.1. The topological polar surface area (TPSA) is 43.1 Å². The Labute approximate surface area is 94.7 Å². The van der Waals surface area contributed by atoms with Crippen LogP contribution in [0.5, 0.6) is 0 Å². The summed E-state index contributed by atoms with van der Waals surface area (Å²) in [5.74, 6) is 0. The van der Waals surface area contributed by atoms with Gasteiger partial charge in [0.05, 0.1) is 15.5 Å². The summed E-state index contributed by atoms with van der Waals surface area (Å²) in [6, 6.07) is 4.62. The van der Waals surface area contributed by atoms with Crippen molar-refractivity contribution in [2.24, 2.45) is 0 Å². The highest BCUT2D eigenvalue weighted by atomic mass is 79.9. The Bertz CT molecular complexity index is 379. The molecular weight excluding hydrogens is 269 g/mol. The van der Waals surface area contributed by atoms with Crippen LogP contribution in [-0.2, 0) is 0 Å². The number of alkyl halides is 1. The van der Waals surface area contributed by atoms with Crippen molar-refractivity contribution in [1.29, 1.82) is 0 Å². The van der Waals surface area contributed by atoms with E-state index >= 15 is 0 Å². The van der Waals surface area contributed by atoms with Gasteiger partial charge in [-0.05, 0) is 12.1 Å². The highest BCUT2D eigenvalue weighted by Gasteiger charge is 2.13. The van der Waals surface area contributed by atoms with Gasteiger partial charge in [-0.25, -0.2) is 0 Å². The summed E-state index contributed by atoms with van der Waals surface area (Å²) in [6.07, 6.45) is 3.39. The van der Waals surface area contributed by atoms with Crippen LogP contribution in [0.15, 0.2) is 24.3 Å². The lowest BCUT2D eigenvalue weighted by Gasteiger charge is -1.99. The number of hydrogen-bond acceptors (Lipinski definition) is 2. The molecule has 0 N–H and O–H groups in total. The molecule has 0 bridgehead atoms. The van der Waals surface area contributed by atoms with Gasteiger partial charge in [0.1, 0.15) is 0 Å². The second-order valence-electron chi connectivity index (χ2n) is 2.49. The van der Waals surface area contributed by atoms with Crippen molar-refractivity contribution in [2.75, 3.05) is 5.33 Å². The number of rotatable bonds is 3. The fraction of sp³-hybridized carbons (Fsp3) is 0.111. The summed E-state index contributed by atoms with van der Waals surface area (Å²) >= 11 is 9.03. The van der Waals surface area contributed by atoms with Gasteiger partial charge in [0.25, 0.3) is 5.69 Å². The van der Waals surface area contributed by atoms with Crippen LogP contribution in [0.3, 0.4) is 0 Å². The lowest BCUT2D eigenvalue weighted by molar-refractivity contribution is -0.385. The first-order valence-corrected chi connectivity index (χ1v) is 5.32. The molecule has 5 heteroatoms. The third-order valence-corrected chi connectivity index (χ3v) is 2.30. The zero-order valence-corrected chi connectivity index (χ0v) is 9.46. The maximum Gasteiger partial charge on any atom is 0.278 e. The van der Waals surface area contributed by atoms with Crippen LogP contribution in [0, 0.1) is 10.1 Å². The van der Waals surface area contributed by atoms with Crippen LogP contribution in [0.4, 0.5) is 5.69 Å². The molecule has 1 aromatic rings. The highest BCUT2D eigenvalue weighted by Crippen LogP contribution is 2.27. The van der Waals surface area contributed by atoms with E-state index in [9.17, 15) is 10.1 Å². The fourth-order valence-electron chi connectivity index (χ4n) is 1.01. The van der Waals surface area contributed by atoms with Gasteiger partial charge in [-0.1, -0.05) is 39.7 Å². The van der Waals surface area contributed by atoms with Crippen molar-refractivity contribution in [1.82, 2.24) is 0 Å². The van der Waals surface area contributed by atoms with Gasteiger partial charge in [0.15, 0.2) is 0 Å². The zero-order valence-electron chi connectivity index (χ0n) is 7.11. The molecule has 0 aromatic heterocycles. The van der Waals surface area contributed by atoms with Crippen LogP contribution in [0.2, 0.25) is 5.02 Å². The van der Waals surface area contributed by atoms with Crippen LogP contribution in [-0.4, -0.2) is 10.3 Å². The van der Waals surface area contributed by atoms with Crippen molar-refractivity contribution in [2.45, 2.75) is 0 Å². The monoisotopic (exact) mass is 275 g/mol. The molecule has 0 radical (unpaired) electrons. The van der Waals surface area contributed by atoms with Gasteiger partial charge >= 0.3 is 0 Å². The maximum absolute atomic E-state index is 10.6. The van der Waals surface area contributed by atoms with Gasteiger partial charge in [0, 0.05) is 11.4 Å². The molecule has 0 atom stereocenters. The molecular formula is C9H7BrClNO2. The molecule has 0 saturated heterocycles. The second-order valence-corrected chi connectivity index (χ2v) is 3.54. The molecule has 1 rings (SSSR count). The van der Waals surface area contributed by atoms with E-state index in [1.54, 1.807) is 24.3 Å². The van der Waals surface area contributed by atoms with Crippen molar-refractivity contribution in [3.05, 3.63) is 45.0 Å². The molecule has 1 aromatic carbocycles. The van der Waals surface area contributed by atoms with Gasteiger partial charge < -0.3 is 0 Å². The standard InChI is InChI=1S/C9H7BrClNO2/c10-6-2-3-7-8(11)4-1-5-9(7)12(13)14/h1-5H,6H2. The minimum absolute atomic E-state index is 0.0229. The first-order valence-electron chi connectivity index (χ1n) is 3.82. The molecule has 0 aliphatic rings. The summed E-state index contributed by atoms with van der Waals surface area (Å²) in [6.45, 7) is 0. The van der Waals surface area contributed by atoms with E-state index in [1.165, 1.54) is 6.07 Å². The number of hydrogen-bond donors (Lipinski definition) is 0. The summed E-state index contributed by atoms with van der Waals surface area (Å²) < 4.78 is 0. The summed E-state index contributed by atoms with van der Waals surface area (Å²) in [7, 11) is 0. The molecule has 0 aliphatic heterocycles. The van der Waals surface area contributed by atoms with Gasteiger partial charge in [-0.2, -0.15) is 0 Å². The predicted molar refractivity (Wildman–Crippen MR) is 60.9 cm³/mol. The Morgan fingerprint density at radius 1 is 1.57 bits per heavy atom. The third kappa shape index (κ3) is 2.56. The maximum atomic E-state index is 10.6. The number of nitrogens with zero attached hydrogens (tertiary/aromatic N) is 1. The summed E-state index contributed by atoms with van der Waals surface area (Å²) in [5.41, 5.74) is 0.466. The molecule has 0 aliphatic carbocycles. The van der Waals surface area contributed by atoms with Crippen molar-refractivity contribution in [3.63, 3.8) is 0 Å². The third-order valence-electron chi connectivity index (χ3n) is 1.60. The first-order chi connectivity index (χ1) is 6.66. The molecule has 3 nitrogen and oxygen atoms in total. The van der Waals surface area contributed by atoms with E-state index in [4.69, 9.17) is 11.6 Å². The van der Waals surface area contributed by atoms with E-state index in [0.717, 1.165) is 0 Å². The lowest BCUT2D eigenvalue weighted by Crippen LogP contribution is -1.91. The number of benzene rings is 1. The van der Waals surface area contributed by atoms with Crippen molar-refractivity contribution < 1.29 is 4.92 Å². The Balaban J connectivity index is 3.22. The van der Waals surface area contributed by atoms with E-state index in [2.05, 4.69) is 15.9 Å². The number of nitro groups is 1. The fourth-order valence-corrected chi connectivity index (χ4v) is 1.43. The molecule has 74 valence electrons. The normalized spacial score (nSPS) is 10.7. The van der Waals surface area contributed by atoms with Gasteiger partial charge in [0.2, 0.25) is 0 Å². The van der Waals surface area contributed by atoms with E-state index < -0.39 is 4.92 Å². The predicted octanol–water partition coefficient (Wildman–Crippen LogP) is 3.66. The van der Waals surface area contributed by atoms with Crippen LogP contribution in [0.25, 0.3) is 6.08 Å². The molecule has 0 fully saturated rings. The smallest absolute Gasteiger partial charge is 0.258 e. The molecule has 14 heavy (non-hydrogen) atoms. The first kappa shape index (κ1) is 11.2. The number of nitro benzene ring substituents is 1. The van der Waals surface area contributed by atoms with Gasteiger partial charge in [-0.15, -0.1) is 0 Å². The molecule has 0 spiro atoms. The van der Waals surface area contributed by atoms with E-state index in [1.807, 2.05) is 0 Å². The Morgan fingerprint density at radius 2 is 2.29 bits per heavy atom. The molecule has 0 amide bonds. The van der Waals surface area contributed by atoms with E-state index in [-0.39, 0.29) is 5.69 Å². The highest BCUT2D eigenvalue weighted by molar-refractivity contribution is 9.09. The Morgan fingerprint density at radius 3 is 2.86 bits per heavy atom. The largest absolute Gasteiger partial charge is 0.278 e. The molecule has 0 heterocycles. The quantitative estimate of drug-likeness (QED) is 0.480. The van der Waals surface area contributed by atoms with Crippen molar-refractivity contribution >= 4 is 39.3 Å². The SMILES string of the molecule is O=[N+]([O-])c1cccc(Cl)c1C=CCBr. The minimum atomic E-state index is -0.445. The molecule has 0 saturated carbocycles. The summed E-state index contributed by atoms with van der Waals surface area (Å²) in [4.78, 5) is 10.2. The number of halogens is 2. The Hall–Kier alpha value is -0.870. The Kier molecular flexibility index (Phi) is 4.10. The zero-order chi connectivity index (χ0) is 10.6. The van der Waals surface area contributed by atoms with Gasteiger partial charge in [-0.3, -0.25) is 10.1 Å². The van der Waals surface area contributed by atoms with Crippen molar-refractivity contribution in [3.8, 4) is 0 Å². The second kappa shape index (κ2) is 5.12. The minimum Gasteiger partial charge on any atom is -0.258 e. The summed E-state index contributed by atoms with van der Waals surface area (Å²) in [5, 5.41) is 11.7. The molecule has 0 unspecified atom stereocenters. The average Bonchev–Trinajstić information content (AvgIpc) is 2.15. The number of allylic oxidation sites excluding steroid dienone is 1. The van der Waals surface area contributed by atoms with E-state index in [0.29, 0.717) is 15.9 Å². The van der Waals surface area contributed by atoms with Crippen LogP contribution >= 0.6 is 27.5 Å².